The molecule has 1 atom stereocenters. The summed E-state index contributed by atoms with van der Waals surface area (Å²) in [6.45, 7) is 4.16. The molecular formula is C26H30Cl2F3N5O2. The van der Waals surface area contributed by atoms with Gasteiger partial charge in [0.2, 0.25) is 0 Å². The van der Waals surface area contributed by atoms with E-state index in [2.05, 4.69) is 10.3 Å². The molecule has 206 valence electrons. The van der Waals surface area contributed by atoms with Crippen LogP contribution in [0, 0.1) is 0 Å². The Morgan fingerprint density at radius 1 is 1.05 bits per heavy atom. The maximum absolute atomic E-state index is 13.6. The lowest BCUT2D eigenvalue weighted by atomic mass is 9.97. The van der Waals surface area contributed by atoms with Gasteiger partial charge in [0.15, 0.2) is 0 Å². The van der Waals surface area contributed by atoms with Gasteiger partial charge in [-0.05, 0) is 50.1 Å². The minimum Gasteiger partial charge on any atom is -0.353 e. The van der Waals surface area contributed by atoms with Crippen molar-refractivity contribution in [3.8, 4) is 0 Å². The van der Waals surface area contributed by atoms with Crippen LogP contribution in [0.5, 0.6) is 0 Å². The van der Waals surface area contributed by atoms with Crippen molar-refractivity contribution >= 4 is 40.8 Å². The van der Waals surface area contributed by atoms with Crippen molar-refractivity contribution in [3.05, 3.63) is 57.7 Å². The number of amides is 2. The van der Waals surface area contributed by atoms with E-state index < -0.39 is 18.6 Å². The average Bonchev–Trinajstić information content (AvgIpc) is 2.88. The van der Waals surface area contributed by atoms with E-state index in [9.17, 15) is 22.8 Å². The number of aromatic nitrogens is 1. The number of benzene rings is 1. The number of halogens is 5. The number of hydrogen-bond donors (Lipinski definition) is 1. The summed E-state index contributed by atoms with van der Waals surface area (Å²) in [7, 11) is 0. The second-order valence-electron chi connectivity index (χ2n) is 9.58. The molecule has 0 bridgehead atoms. The molecule has 1 aromatic heterocycles. The summed E-state index contributed by atoms with van der Waals surface area (Å²) in [5.74, 6) is -0.0439. The van der Waals surface area contributed by atoms with Crippen molar-refractivity contribution in [3.63, 3.8) is 0 Å². The molecule has 1 unspecified atom stereocenters. The number of nitrogens with one attached hydrogen (secondary N) is 1. The third kappa shape index (κ3) is 6.90. The van der Waals surface area contributed by atoms with Crippen LogP contribution >= 0.6 is 23.2 Å². The fourth-order valence-corrected chi connectivity index (χ4v) is 5.63. The number of rotatable bonds is 6. The van der Waals surface area contributed by atoms with Gasteiger partial charge in [-0.25, -0.2) is 4.98 Å². The van der Waals surface area contributed by atoms with E-state index in [1.165, 1.54) is 12.3 Å². The third-order valence-corrected chi connectivity index (χ3v) is 7.56. The van der Waals surface area contributed by atoms with E-state index in [1.54, 1.807) is 41.0 Å². The molecule has 2 amide bonds. The quantitative estimate of drug-likeness (QED) is 0.535. The van der Waals surface area contributed by atoms with Gasteiger partial charge in [0, 0.05) is 68.1 Å². The van der Waals surface area contributed by atoms with Crippen LogP contribution in [-0.2, 0) is 0 Å². The lowest BCUT2D eigenvalue weighted by Crippen LogP contribution is -2.60. The van der Waals surface area contributed by atoms with Gasteiger partial charge >= 0.3 is 6.18 Å². The van der Waals surface area contributed by atoms with Crippen molar-refractivity contribution in [1.29, 1.82) is 0 Å². The van der Waals surface area contributed by atoms with E-state index in [0.717, 1.165) is 0 Å². The fourth-order valence-electron chi connectivity index (χ4n) is 5.22. The highest BCUT2D eigenvalue weighted by atomic mass is 35.5. The first-order chi connectivity index (χ1) is 18.1. The van der Waals surface area contributed by atoms with Crippen molar-refractivity contribution in [2.24, 2.45) is 0 Å². The van der Waals surface area contributed by atoms with Gasteiger partial charge in [-0.2, -0.15) is 13.2 Å². The number of piperidine rings is 1. The van der Waals surface area contributed by atoms with Crippen molar-refractivity contribution in [1.82, 2.24) is 20.1 Å². The second-order valence-corrected chi connectivity index (χ2v) is 10.4. The Hall–Kier alpha value is -2.56. The highest BCUT2D eigenvalue weighted by Crippen LogP contribution is 2.33. The zero-order valence-corrected chi connectivity index (χ0v) is 22.5. The number of alkyl halides is 3. The summed E-state index contributed by atoms with van der Waals surface area (Å²) in [6, 6.07) is 7.33. The molecule has 0 radical (unpaired) electrons. The Bertz CT molecular complexity index is 1140. The topological polar surface area (TPSA) is 68.8 Å². The lowest BCUT2D eigenvalue weighted by Gasteiger charge is -2.48. The van der Waals surface area contributed by atoms with Gasteiger partial charge in [0.25, 0.3) is 11.8 Å². The molecule has 7 nitrogen and oxygen atoms in total. The molecule has 12 heteroatoms. The summed E-state index contributed by atoms with van der Waals surface area (Å²) in [5.41, 5.74) is 0.838. The number of carbonyl (C=O) groups excluding carboxylic acids is 2. The number of pyridine rings is 1. The van der Waals surface area contributed by atoms with E-state index >= 15 is 0 Å². The lowest BCUT2D eigenvalue weighted by molar-refractivity contribution is -0.150. The predicted molar refractivity (Wildman–Crippen MR) is 141 cm³/mol. The summed E-state index contributed by atoms with van der Waals surface area (Å²) in [5, 5.41) is 3.44. The molecule has 3 heterocycles. The summed E-state index contributed by atoms with van der Waals surface area (Å²) in [6.07, 6.45) is -2.72. The van der Waals surface area contributed by atoms with Gasteiger partial charge in [-0.3, -0.25) is 14.5 Å². The first kappa shape index (κ1) is 28.4. The minimum absolute atomic E-state index is 0.0673. The van der Waals surface area contributed by atoms with Gasteiger partial charge < -0.3 is 15.1 Å². The SMILES string of the molecule is CCNC(=O)c1cnc(N2CCN(C3CCN(C(=O)c4ccc(Cl)cc4)CC3)C(CC(F)(F)F)C2)c(Cl)c1. The second kappa shape index (κ2) is 12.1. The Morgan fingerprint density at radius 3 is 2.34 bits per heavy atom. The average molecular weight is 572 g/mol. The highest BCUT2D eigenvalue weighted by molar-refractivity contribution is 6.33. The van der Waals surface area contributed by atoms with Crippen LogP contribution in [0.3, 0.4) is 0 Å². The van der Waals surface area contributed by atoms with Gasteiger partial charge in [-0.15, -0.1) is 0 Å². The zero-order chi connectivity index (χ0) is 27.4. The molecule has 2 aromatic rings. The Labute approximate surface area is 229 Å². The van der Waals surface area contributed by atoms with Gasteiger partial charge in [0.05, 0.1) is 17.0 Å². The molecular weight excluding hydrogens is 542 g/mol. The Kier molecular flexibility index (Phi) is 9.05. The van der Waals surface area contributed by atoms with E-state index in [-0.39, 0.29) is 29.4 Å². The molecule has 4 rings (SSSR count). The number of nitrogens with zero attached hydrogens (tertiary/aromatic N) is 4. The number of carbonyl (C=O) groups is 2. The summed E-state index contributed by atoms with van der Waals surface area (Å²) < 4.78 is 40.8. The van der Waals surface area contributed by atoms with Gasteiger partial charge in [-0.1, -0.05) is 23.2 Å². The molecule has 0 saturated carbocycles. The molecule has 38 heavy (non-hydrogen) atoms. The van der Waals surface area contributed by atoms with Crippen molar-refractivity contribution in [2.75, 3.05) is 44.2 Å². The summed E-state index contributed by atoms with van der Waals surface area (Å²) >= 11 is 12.3. The molecule has 1 aromatic carbocycles. The van der Waals surface area contributed by atoms with E-state index in [0.29, 0.717) is 67.5 Å². The molecule has 1 N–H and O–H groups in total. The third-order valence-electron chi connectivity index (χ3n) is 7.03. The molecule has 2 aliphatic heterocycles. The Balaban J connectivity index is 1.43. The number of likely N-dealkylation sites (tertiary alicyclic amines) is 1. The van der Waals surface area contributed by atoms with Crippen LogP contribution in [0.15, 0.2) is 36.5 Å². The van der Waals surface area contributed by atoms with Crippen LogP contribution in [0.1, 0.15) is 46.9 Å². The van der Waals surface area contributed by atoms with E-state index in [4.69, 9.17) is 23.2 Å². The number of anilines is 1. The largest absolute Gasteiger partial charge is 0.390 e. The van der Waals surface area contributed by atoms with Crippen molar-refractivity contribution < 1.29 is 22.8 Å². The molecule has 0 spiro atoms. The van der Waals surface area contributed by atoms with Crippen LogP contribution in [0.2, 0.25) is 10.0 Å². The standard InChI is InChI=1S/C26H30Cl2F3N5O2/c1-2-32-24(37)18-13-22(28)23(33-15-18)35-11-12-36(21(16-35)14-26(29,30)31)20-7-9-34(10-8-20)25(38)17-3-5-19(27)6-4-17/h3-6,13,15,20-21H,2,7-12,14,16H2,1H3,(H,32,37). The highest BCUT2D eigenvalue weighted by Gasteiger charge is 2.41. The fraction of sp³-hybridized carbons (Fsp3) is 0.500. The van der Waals surface area contributed by atoms with Crippen LogP contribution in [0.4, 0.5) is 19.0 Å². The first-order valence-electron chi connectivity index (χ1n) is 12.6. The number of hydrogen-bond acceptors (Lipinski definition) is 5. The minimum atomic E-state index is -4.34. The predicted octanol–water partition coefficient (Wildman–Crippen LogP) is 4.89. The Morgan fingerprint density at radius 2 is 1.74 bits per heavy atom. The van der Waals surface area contributed by atoms with Crippen molar-refractivity contribution in [2.45, 2.75) is 44.4 Å². The van der Waals surface area contributed by atoms with Gasteiger partial charge in [0.1, 0.15) is 5.82 Å². The maximum atomic E-state index is 13.6. The van der Waals surface area contributed by atoms with Crippen LogP contribution in [-0.4, -0.2) is 84.1 Å². The zero-order valence-electron chi connectivity index (χ0n) is 21.0. The maximum Gasteiger partial charge on any atom is 0.390 e. The van der Waals surface area contributed by atoms with E-state index in [1.807, 2.05) is 4.90 Å². The summed E-state index contributed by atoms with van der Waals surface area (Å²) in [4.78, 5) is 34.7. The molecule has 2 saturated heterocycles. The first-order valence-corrected chi connectivity index (χ1v) is 13.4. The molecule has 2 fully saturated rings. The van der Waals surface area contributed by atoms with Crippen LogP contribution in [0.25, 0.3) is 0 Å². The normalized spacial score (nSPS) is 19.5. The monoisotopic (exact) mass is 571 g/mol. The molecule has 2 aliphatic rings. The number of piperazine rings is 1. The molecule has 0 aliphatic carbocycles. The van der Waals surface area contributed by atoms with Crippen LogP contribution < -0.4 is 10.2 Å². The smallest absolute Gasteiger partial charge is 0.353 e.